The van der Waals surface area contributed by atoms with Gasteiger partial charge in [0.2, 0.25) is 0 Å². The van der Waals surface area contributed by atoms with E-state index in [0.717, 1.165) is 38.4 Å². The molecular weight excluding hydrogens is 318 g/mol. The normalized spacial score (nSPS) is 13.5. The van der Waals surface area contributed by atoms with Gasteiger partial charge in [-0.2, -0.15) is 0 Å². The number of aliphatic hydroxyl groups excluding tert-OH is 1. The summed E-state index contributed by atoms with van der Waals surface area (Å²) in [6.07, 6.45) is 0. The highest BCUT2D eigenvalue weighted by Crippen LogP contribution is 2.44. The van der Waals surface area contributed by atoms with Crippen LogP contribution >= 0.6 is 11.3 Å². The van der Waals surface area contributed by atoms with Crippen molar-refractivity contribution in [3.8, 4) is 16.9 Å². The summed E-state index contributed by atoms with van der Waals surface area (Å²) in [6, 6.07) is 15.5. The van der Waals surface area contributed by atoms with Gasteiger partial charge in [0.05, 0.1) is 5.56 Å². The minimum atomic E-state index is 0.267. The lowest BCUT2D eigenvalue weighted by atomic mass is 9.94. The van der Waals surface area contributed by atoms with Gasteiger partial charge < -0.3 is 15.5 Å². The van der Waals surface area contributed by atoms with Crippen LogP contribution in [-0.2, 0) is 0 Å². The molecule has 2 aromatic carbocycles. The third-order valence-corrected chi connectivity index (χ3v) is 5.32. The van der Waals surface area contributed by atoms with Crippen LogP contribution in [0.2, 0.25) is 0 Å². The Balaban J connectivity index is 1.87. The van der Waals surface area contributed by atoms with Gasteiger partial charge >= 0.3 is 0 Å². The number of hydrogen-bond acceptors (Lipinski definition) is 4. The van der Waals surface area contributed by atoms with Crippen LogP contribution in [0, 0.1) is 6.92 Å². The van der Waals surface area contributed by atoms with Crippen molar-refractivity contribution >= 4 is 27.7 Å². The SMILES string of the molecule is Cc1ccc(-c2csc3c2C(O)=C(c2ccccc2)CN3)cc1O. The zero-order valence-electron chi connectivity index (χ0n) is 13.2. The molecule has 0 saturated heterocycles. The van der Waals surface area contributed by atoms with Crippen molar-refractivity contribution in [1.82, 2.24) is 0 Å². The van der Waals surface area contributed by atoms with Gasteiger partial charge in [-0.3, -0.25) is 0 Å². The number of aromatic hydroxyl groups is 1. The summed E-state index contributed by atoms with van der Waals surface area (Å²) in [5.74, 6) is 0.578. The fraction of sp³-hybridized carbons (Fsp3) is 0.100. The highest BCUT2D eigenvalue weighted by atomic mass is 32.1. The maximum Gasteiger partial charge on any atom is 0.131 e. The molecule has 24 heavy (non-hydrogen) atoms. The zero-order chi connectivity index (χ0) is 16.7. The van der Waals surface area contributed by atoms with Gasteiger partial charge in [-0.1, -0.05) is 42.5 Å². The van der Waals surface area contributed by atoms with Gasteiger partial charge in [0.1, 0.15) is 16.5 Å². The molecular formula is C20H17NO2S. The molecule has 0 aliphatic carbocycles. The van der Waals surface area contributed by atoms with Crippen LogP contribution in [0.5, 0.6) is 5.75 Å². The molecule has 0 bridgehead atoms. The van der Waals surface area contributed by atoms with E-state index < -0.39 is 0 Å². The van der Waals surface area contributed by atoms with Gasteiger partial charge in [0.25, 0.3) is 0 Å². The third kappa shape index (κ3) is 2.36. The van der Waals surface area contributed by atoms with Crippen LogP contribution in [0.25, 0.3) is 22.5 Å². The number of phenolic OH excluding ortho intramolecular Hbond substituents is 1. The highest BCUT2D eigenvalue weighted by Gasteiger charge is 2.24. The molecule has 0 amide bonds. The molecule has 3 nitrogen and oxygen atoms in total. The summed E-state index contributed by atoms with van der Waals surface area (Å²) in [5.41, 5.74) is 5.39. The molecule has 0 saturated carbocycles. The molecule has 4 rings (SSSR count). The predicted octanol–water partition coefficient (Wildman–Crippen LogP) is 5.28. The maximum absolute atomic E-state index is 10.9. The minimum Gasteiger partial charge on any atom is -0.508 e. The Bertz CT molecular complexity index is 942. The van der Waals surface area contributed by atoms with Gasteiger partial charge in [-0.25, -0.2) is 0 Å². The number of fused-ring (bicyclic) bond motifs is 1. The molecule has 1 aliphatic heterocycles. The zero-order valence-corrected chi connectivity index (χ0v) is 14.0. The number of benzene rings is 2. The third-order valence-electron chi connectivity index (χ3n) is 4.38. The summed E-state index contributed by atoms with van der Waals surface area (Å²) in [4.78, 5) is 0. The van der Waals surface area contributed by atoms with Crippen molar-refractivity contribution in [3.05, 3.63) is 70.6 Å². The van der Waals surface area contributed by atoms with Crippen molar-refractivity contribution in [2.24, 2.45) is 0 Å². The summed E-state index contributed by atoms with van der Waals surface area (Å²) < 4.78 is 0. The fourth-order valence-electron chi connectivity index (χ4n) is 2.99. The first kappa shape index (κ1) is 14.8. The van der Waals surface area contributed by atoms with Crippen LogP contribution in [-0.4, -0.2) is 16.8 Å². The summed E-state index contributed by atoms with van der Waals surface area (Å²) >= 11 is 1.57. The number of nitrogens with one attached hydrogen (secondary N) is 1. The smallest absolute Gasteiger partial charge is 0.131 e. The molecule has 0 radical (unpaired) electrons. The first-order valence-electron chi connectivity index (χ1n) is 7.78. The van der Waals surface area contributed by atoms with Gasteiger partial charge in [0, 0.05) is 23.1 Å². The van der Waals surface area contributed by atoms with E-state index in [9.17, 15) is 10.2 Å². The lowest BCUT2D eigenvalue weighted by molar-refractivity contribution is 0.471. The van der Waals surface area contributed by atoms with Crippen molar-refractivity contribution in [3.63, 3.8) is 0 Å². The largest absolute Gasteiger partial charge is 0.508 e. The van der Waals surface area contributed by atoms with Crippen LogP contribution < -0.4 is 5.32 Å². The van der Waals surface area contributed by atoms with Gasteiger partial charge in [0.15, 0.2) is 0 Å². The Morgan fingerprint density at radius 1 is 1.00 bits per heavy atom. The van der Waals surface area contributed by atoms with E-state index >= 15 is 0 Å². The molecule has 0 atom stereocenters. The number of anilines is 1. The number of phenols is 1. The van der Waals surface area contributed by atoms with E-state index in [-0.39, 0.29) is 5.75 Å². The van der Waals surface area contributed by atoms with Crippen LogP contribution in [0.1, 0.15) is 16.7 Å². The van der Waals surface area contributed by atoms with Crippen molar-refractivity contribution in [2.75, 3.05) is 11.9 Å². The van der Waals surface area contributed by atoms with Crippen molar-refractivity contribution in [1.29, 1.82) is 0 Å². The van der Waals surface area contributed by atoms with E-state index in [1.165, 1.54) is 0 Å². The maximum atomic E-state index is 10.9. The summed E-state index contributed by atoms with van der Waals surface area (Å²) in [5, 5.41) is 27.3. The molecule has 0 spiro atoms. The fourth-order valence-corrected chi connectivity index (χ4v) is 3.96. The Morgan fingerprint density at radius 3 is 2.54 bits per heavy atom. The van der Waals surface area contributed by atoms with E-state index in [4.69, 9.17) is 0 Å². The molecule has 1 aromatic heterocycles. The topological polar surface area (TPSA) is 52.5 Å². The Hall–Kier alpha value is -2.72. The number of aliphatic hydroxyl groups is 1. The lowest BCUT2D eigenvalue weighted by Crippen LogP contribution is -2.12. The van der Waals surface area contributed by atoms with E-state index in [1.54, 1.807) is 17.4 Å². The van der Waals surface area contributed by atoms with Gasteiger partial charge in [-0.05, 0) is 29.7 Å². The number of aryl methyl sites for hydroxylation is 1. The van der Waals surface area contributed by atoms with Crippen molar-refractivity contribution < 1.29 is 10.2 Å². The van der Waals surface area contributed by atoms with E-state index in [0.29, 0.717) is 12.3 Å². The monoisotopic (exact) mass is 335 g/mol. The van der Waals surface area contributed by atoms with E-state index in [2.05, 4.69) is 5.32 Å². The molecule has 4 heteroatoms. The van der Waals surface area contributed by atoms with Crippen LogP contribution in [0.15, 0.2) is 53.9 Å². The molecule has 1 aliphatic rings. The Kier molecular flexibility index (Phi) is 3.54. The molecule has 0 fully saturated rings. The molecule has 2 heterocycles. The molecule has 3 N–H and O–H groups in total. The number of rotatable bonds is 2. The standard InChI is InChI=1S/C20H17NO2S/c1-12-7-8-14(9-17(12)22)16-11-24-20-18(16)19(23)15(10-21-20)13-5-3-2-4-6-13/h2-9,11,21-23H,10H2,1H3. The quantitative estimate of drug-likeness (QED) is 0.597. The first-order chi connectivity index (χ1) is 11.6. The number of hydrogen-bond donors (Lipinski definition) is 3. The second-order valence-corrected chi connectivity index (χ2v) is 6.78. The second-order valence-electron chi connectivity index (χ2n) is 5.90. The van der Waals surface area contributed by atoms with Crippen LogP contribution in [0.4, 0.5) is 5.00 Å². The van der Waals surface area contributed by atoms with Gasteiger partial charge in [-0.15, -0.1) is 11.3 Å². The minimum absolute atomic E-state index is 0.267. The summed E-state index contributed by atoms with van der Waals surface area (Å²) in [7, 11) is 0. The predicted molar refractivity (Wildman–Crippen MR) is 101 cm³/mol. The Labute approximate surface area is 144 Å². The average molecular weight is 335 g/mol. The second kappa shape index (κ2) is 5.73. The van der Waals surface area contributed by atoms with Crippen LogP contribution in [0.3, 0.4) is 0 Å². The highest BCUT2D eigenvalue weighted by molar-refractivity contribution is 7.15. The average Bonchev–Trinajstić information content (AvgIpc) is 3.03. The Morgan fingerprint density at radius 2 is 1.79 bits per heavy atom. The molecule has 3 aromatic rings. The first-order valence-corrected chi connectivity index (χ1v) is 8.66. The van der Waals surface area contributed by atoms with E-state index in [1.807, 2.05) is 54.8 Å². The number of thiophene rings is 1. The lowest BCUT2D eigenvalue weighted by Gasteiger charge is -2.20. The molecule has 120 valence electrons. The summed E-state index contributed by atoms with van der Waals surface area (Å²) in [6.45, 7) is 2.47. The molecule has 0 unspecified atom stereocenters. The van der Waals surface area contributed by atoms with Crippen molar-refractivity contribution in [2.45, 2.75) is 6.92 Å².